The summed E-state index contributed by atoms with van der Waals surface area (Å²) < 4.78 is 15.7. The molecule has 1 amide bonds. The summed E-state index contributed by atoms with van der Waals surface area (Å²) in [6.45, 7) is 2.27. The highest BCUT2D eigenvalue weighted by Crippen LogP contribution is 2.22. The number of aliphatic hydroxyl groups excluding tert-OH is 3. The highest BCUT2D eigenvalue weighted by Gasteiger charge is 2.45. The van der Waals surface area contributed by atoms with Gasteiger partial charge < -0.3 is 34.8 Å². The van der Waals surface area contributed by atoms with E-state index in [4.69, 9.17) is 26.4 Å². The van der Waals surface area contributed by atoms with Crippen molar-refractivity contribution in [3.05, 3.63) is 0 Å². The average molecular weight is 379 g/mol. The van der Waals surface area contributed by atoms with Gasteiger partial charge in [0, 0.05) is 26.9 Å². The number of carbonyl (C=O) groups is 2. The van der Waals surface area contributed by atoms with Gasteiger partial charge in [0.15, 0.2) is 11.3 Å². The first-order valence-electron chi connectivity index (χ1n) is 7.98. The van der Waals surface area contributed by atoms with Gasteiger partial charge >= 0.3 is 5.97 Å². The van der Waals surface area contributed by atoms with E-state index in [-0.39, 0.29) is 11.7 Å². The smallest absolute Gasteiger partial charge is 0.308 e. The summed E-state index contributed by atoms with van der Waals surface area (Å²) in [5.41, 5.74) is 0. The van der Waals surface area contributed by atoms with Crippen molar-refractivity contribution >= 4 is 29.1 Å². The molecule has 10 heteroatoms. The Kier molecular flexibility index (Phi) is 9.39. The summed E-state index contributed by atoms with van der Waals surface area (Å²) in [7, 11) is 0. The van der Waals surface area contributed by atoms with Crippen molar-refractivity contribution in [1.82, 2.24) is 5.32 Å². The highest BCUT2D eigenvalue weighted by atomic mass is 32.1. The fourth-order valence-corrected chi connectivity index (χ4v) is 2.66. The number of nitrogens with one attached hydrogen (secondary N) is 1. The Morgan fingerprint density at radius 2 is 1.88 bits per heavy atom. The number of hydrogen-bond acceptors (Lipinski definition) is 9. The molecule has 5 atom stereocenters. The van der Waals surface area contributed by atoms with E-state index in [2.05, 4.69) is 5.32 Å². The van der Waals surface area contributed by atoms with E-state index in [1.54, 1.807) is 0 Å². The van der Waals surface area contributed by atoms with Crippen molar-refractivity contribution in [3.8, 4) is 0 Å². The van der Waals surface area contributed by atoms with Gasteiger partial charge in [-0.1, -0.05) is 0 Å². The van der Waals surface area contributed by atoms with Crippen LogP contribution in [0.15, 0.2) is 0 Å². The van der Waals surface area contributed by atoms with Gasteiger partial charge in [-0.2, -0.15) is 0 Å². The maximum absolute atomic E-state index is 11.3. The second kappa shape index (κ2) is 10.7. The van der Waals surface area contributed by atoms with E-state index in [0.717, 1.165) is 0 Å². The molecule has 9 nitrogen and oxygen atoms in total. The Bertz CT molecular complexity index is 474. The number of ether oxygens (including phenoxy) is 3. The summed E-state index contributed by atoms with van der Waals surface area (Å²) in [4.78, 5) is 22.0. The van der Waals surface area contributed by atoms with E-state index in [1.165, 1.54) is 13.8 Å². The van der Waals surface area contributed by atoms with Crippen LogP contribution in [0.2, 0.25) is 0 Å². The van der Waals surface area contributed by atoms with Crippen LogP contribution in [0.25, 0.3) is 0 Å². The standard InChI is InChI=1S/C15H25NO8S/c1-8(18)16-12-14(21)13(20)10(7-17)24-15(12)22-6-4-3-5-11(25)23-9(2)19/h10,12-15,17,20-21H,3-7H2,1-2H3,(H,16,18)/t10-,12-,13+,14-,15+/m1/s1. The third kappa shape index (κ3) is 7.30. The molecule has 1 rings (SSSR count). The molecule has 1 fully saturated rings. The molecular formula is C15H25NO8S. The molecule has 1 saturated heterocycles. The number of carbonyl (C=O) groups excluding carboxylic acids is 2. The lowest BCUT2D eigenvalue weighted by Gasteiger charge is -2.42. The van der Waals surface area contributed by atoms with Crippen molar-refractivity contribution in [2.75, 3.05) is 13.2 Å². The highest BCUT2D eigenvalue weighted by molar-refractivity contribution is 7.80. The minimum absolute atomic E-state index is 0.205. The number of aliphatic hydroxyl groups is 3. The maximum atomic E-state index is 11.3. The molecule has 1 aliphatic rings. The Morgan fingerprint density at radius 1 is 1.20 bits per heavy atom. The van der Waals surface area contributed by atoms with Gasteiger partial charge in [-0.3, -0.25) is 9.59 Å². The SMILES string of the molecule is CC(=O)N[C@H]1[C@@H](OCCCCC(=S)OC(C)=O)O[C@H](CO)[C@H](O)[C@@H]1O. The largest absolute Gasteiger partial charge is 0.419 e. The van der Waals surface area contributed by atoms with Crippen molar-refractivity contribution in [3.63, 3.8) is 0 Å². The van der Waals surface area contributed by atoms with Gasteiger partial charge in [0.25, 0.3) is 0 Å². The predicted molar refractivity (Wildman–Crippen MR) is 89.5 cm³/mol. The molecule has 1 aliphatic heterocycles. The summed E-state index contributed by atoms with van der Waals surface area (Å²) >= 11 is 4.89. The first-order valence-corrected chi connectivity index (χ1v) is 8.39. The molecule has 25 heavy (non-hydrogen) atoms. The van der Waals surface area contributed by atoms with E-state index in [1.807, 2.05) is 0 Å². The van der Waals surface area contributed by atoms with E-state index in [9.17, 15) is 24.9 Å². The molecule has 0 radical (unpaired) electrons. The lowest BCUT2D eigenvalue weighted by molar-refractivity contribution is -0.270. The Labute approximate surface area is 151 Å². The van der Waals surface area contributed by atoms with Gasteiger partial charge in [0.05, 0.1) is 6.61 Å². The molecular weight excluding hydrogens is 354 g/mol. The first-order chi connectivity index (χ1) is 11.8. The van der Waals surface area contributed by atoms with Crippen molar-refractivity contribution < 1.29 is 39.1 Å². The number of unbranched alkanes of at least 4 members (excludes halogenated alkanes) is 1. The van der Waals surface area contributed by atoms with Crippen LogP contribution in [0, 0.1) is 0 Å². The number of esters is 1. The monoisotopic (exact) mass is 379 g/mol. The van der Waals surface area contributed by atoms with Gasteiger partial charge in [-0.25, -0.2) is 0 Å². The van der Waals surface area contributed by atoms with Crippen LogP contribution < -0.4 is 5.32 Å². The molecule has 1 heterocycles. The van der Waals surface area contributed by atoms with E-state index < -0.39 is 49.1 Å². The normalized spacial score (nSPS) is 29.1. The van der Waals surface area contributed by atoms with Gasteiger partial charge in [0.1, 0.15) is 24.4 Å². The zero-order valence-corrected chi connectivity index (χ0v) is 15.0. The molecule has 0 aromatic rings. The third-order valence-corrected chi connectivity index (χ3v) is 3.85. The lowest BCUT2D eigenvalue weighted by Crippen LogP contribution is -2.64. The van der Waals surface area contributed by atoms with Crippen molar-refractivity contribution in [2.45, 2.75) is 63.8 Å². The fourth-order valence-electron chi connectivity index (χ4n) is 2.40. The van der Waals surface area contributed by atoms with Crippen LogP contribution in [0.3, 0.4) is 0 Å². The van der Waals surface area contributed by atoms with E-state index >= 15 is 0 Å². The molecule has 0 aliphatic carbocycles. The quantitative estimate of drug-likeness (QED) is 0.238. The molecule has 0 bridgehead atoms. The molecule has 0 spiro atoms. The minimum atomic E-state index is -1.34. The van der Waals surface area contributed by atoms with Crippen molar-refractivity contribution in [2.24, 2.45) is 0 Å². The summed E-state index contributed by atoms with van der Waals surface area (Å²) in [5, 5.41) is 31.9. The van der Waals surface area contributed by atoms with Gasteiger partial charge in [-0.15, -0.1) is 0 Å². The molecule has 144 valence electrons. The maximum Gasteiger partial charge on any atom is 0.308 e. The van der Waals surface area contributed by atoms with Crippen LogP contribution in [0.5, 0.6) is 0 Å². The molecule has 0 aromatic carbocycles. The van der Waals surface area contributed by atoms with Gasteiger partial charge in [-0.05, 0) is 25.1 Å². The van der Waals surface area contributed by atoms with E-state index in [0.29, 0.717) is 19.3 Å². The summed E-state index contributed by atoms with van der Waals surface area (Å²) in [6.07, 6.45) is -3.12. The van der Waals surface area contributed by atoms with Gasteiger partial charge in [0.2, 0.25) is 5.91 Å². The van der Waals surface area contributed by atoms with Crippen LogP contribution in [-0.4, -0.2) is 76.1 Å². The number of amides is 1. The molecule has 0 aromatic heterocycles. The second-order valence-electron chi connectivity index (χ2n) is 5.73. The van der Waals surface area contributed by atoms with Crippen LogP contribution in [-0.2, 0) is 23.8 Å². The zero-order valence-electron chi connectivity index (χ0n) is 14.2. The number of rotatable bonds is 8. The predicted octanol–water partition coefficient (Wildman–Crippen LogP) is -0.992. The van der Waals surface area contributed by atoms with Crippen molar-refractivity contribution in [1.29, 1.82) is 0 Å². The topological polar surface area (TPSA) is 135 Å². The first kappa shape index (κ1) is 21.9. The van der Waals surface area contributed by atoms with Crippen LogP contribution in [0.1, 0.15) is 33.1 Å². The van der Waals surface area contributed by atoms with Crippen LogP contribution >= 0.6 is 12.2 Å². The lowest BCUT2D eigenvalue weighted by atomic mass is 9.97. The number of hydrogen-bond donors (Lipinski definition) is 4. The summed E-state index contributed by atoms with van der Waals surface area (Å²) in [6, 6.07) is -0.961. The molecule has 0 unspecified atom stereocenters. The third-order valence-electron chi connectivity index (χ3n) is 3.57. The molecule has 0 saturated carbocycles. The Morgan fingerprint density at radius 3 is 2.44 bits per heavy atom. The Hall–Kier alpha value is -1.17. The fraction of sp³-hybridized carbons (Fsp3) is 0.800. The second-order valence-corrected chi connectivity index (χ2v) is 6.18. The van der Waals surface area contributed by atoms with Crippen LogP contribution in [0.4, 0.5) is 0 Å². The number of thiocarbonyl (C=S) groups is 1. The average Bonchev–Trinajstić information content (AvgIpc) is 2.52. The Balaban J connectivity index is 2.47. The zero-order chi connectivity index (χ0) is 19.0. The molecule has 4 N–H and O–H groups in total. The minimum Gasteiger partial charge on any atom is -0.419 e. The summed E-state index contributed by atoms with van der Waals surface area (Å²) in [5.74, 6) is -0.875.